The first-order valence-electron chi connectivity index (χ1n) is 6.49. The van der Waals surface area contributed by atoms with E-state index >= 15 is 0 Å². The summed E-state index contributed by atoms with van der Waals surface area (Å²) in [7, 11) is 0. The Hall–Kier alpha value is -1.69. The van der Waals surface area contributed by atoms with Crippen LogP contribution in [-0.4, -0.2) is 35.8 Å². The van der Waals surface area contributed by atoms with Crippen molar-refractivity contribution in [2.75, 3.05) is 13.1 Å². The Morgan fingerprint density at radius 1 is 0.905 bits per heavy atom. The van der Waals surface area contributed by atoms with Gasteiger partial charge in [-0.1, -0.05) is 12.2 Å². The van der Waals surface area contributed by atoms with Gasteiger partial charge in [0.05, 0.1) is 0 Å². The van der Waals surface area contributed by atoms with E-state index < -0.39 is 11.1 Å². The fraction of sp³-hybridized carbons (Fsp3) is 0.571. The third-order valence-electron chi connectivity index (χ3n) is 2.62. The van der Waals surface area contributed by atoms with Gasteiger partial charge in [-0.3, -0.25) is 10.8 Å². The van der Waals surface area contributed by atoms with Crippen molar-refractivity contribution in [3.8, 4) is 0 Å². The van der Waals surface area contributed by atoms with E-state index in [-0.39, 0.29) is 24.1 Å². The van der Waals surface area contributed by atoms with Crippen LogP contribution in [-0.2, 0) is 0 Å². The maximum atomic E-state index is 7.93. The van der Waals surface area contributed by atoms with E-state index in [0.717, 1.165) is 0 Å². The number of hydrogen-bond acceptors (Lipinski definition) is 4. The van der Waals surface area contributed by atoms with Gasteiger partial charge in [-0.2, -0.15) is 10.2 Å². The molecule has 4 N–H and O–H groups in total. The van der Waals surface area contributed by atoms with Crippen molar-refractivity contribution in [2.24, 2.45) is 10.2 Å². The summed E-state index contributed by atoms with van der Waals surface area (Å²) in [5.74, 6) is 0.532. The lowest BCUT2D eigenvalue weighted by atomic mass is 10.0. The van der Waals surface area contributed by atoms with E-state index in [1.807, 2.05) is 0 Å². The maximum Gasteiger partial charge on any atom is 0.132 e. The first-order valence-corrected chi connectivity index (χ1v) is 6.49. The molecule has 0 saturated carbocycles. The third kappa shape index (κ3) is 7.60. The average molecular weight is 315 g/mol. The number of rotatable bonds is 8. The van der Waals surface area contributed by atoms with E-state index in [2.05, 4.69) is 34.0 Å². The Balaban J connectivity index is 0. The van der Waals surface area contributed by atoms with Crippen molar-refractivity contribution in [3.05, 3.63) is 25.3 Å². The lowest BCUT2D eigenvalue weighted by molar-refractivity contribution is 0.544. The van der Waals surface area contributed by atoms with Crippen LogP contribution in [0, 0.1) is 10.8 Å². The van der Waals surface area contributed by atoms with E-state index in [1.165, 1.54) is 0 Å². The van der Waals surface area contributed by atoms with Gasteiger partial charge in [-0.05, 0) is 27.7 Å². The summed E-state index contributed by atoms with van der Waals surface area (Å²) in [5.41, 5.74) is -1.53. The van der Waals surface area contributed by atoms with Crippen LogP contribution in [0.1, 0.15) is 27.7 Å². The van der Waals surface area contributed by atoms with Crippen molar-refractivity contribution >= 4 is 24.1 Å². The molecule has 0 radical (unpaired) electrons. The Labute approximate surface area is 133 Å². The molecule has 0 aromatic rings. The summed E-state index contributed by atoms with van der Waals surface area (Å²) in [6.07, 6.45) is 3.36. The van der Waals surface area contributed by atoms with Gasteiger partial charge < -0.3 is 10.6 Å². The van der Waals surface area contributed by atoms with Gasteiger partial charge in [0.15, 0.2) is 0 Å². The third-order valence-corrected chi connectivity index (χ3v) is 2.62. The van der Waals surface area contributed by atoms with Gasteiger partial charge in [0.1, 0.15) is 22.7 Å². The molecule has 7 heteroatoms. The van der Waals surface area contributed by atoms with Crippen LogP contribution in [0.2, 0.25) is 0 Å². The molecule has 0 aromatic heterocycles. The largest absolute Gasteiger partial charge is 0.368 e. The molecule has 6 nitrogen and oxygen atoms in total. The van der Waals surface area contributed by atoms with Crippen LogP contribution in [0.15, 0.2) is 35.5 Å². The highest BCUT2D eigenvalue weighted by molar-refractivity contribution is 5.89. The van der Waals surface area contributed by atoms with Gasteiger partial charge in [-0.25, -0.2) is 0 Å². The predicted octanol–water partition coefficient (Wildman–Crippen LogP) is 2.92. The van der Waals surface area contributed by atoms with Crippen molar-refractivity contribution < 1.29 is 0 Å². The van der Waals surface area contributed by atoms with Crippen molar-refractivity contribution in [2.45, 2.75) is 38.8 Å². The Morgan fingerprint density at radius 2 is 1.19 bits per heavy atom. The molecule has 0 atom stereocenters. The number of hydrogen-bond donors (Lipinski definition) is 4. The molecule has 0 bridgehead atoms. The minimum Gasteiger partial charge on any atom is -0.368 e. The topological polar surface area (TPSA) is 96.5 Å². The van der Waals surface area contributed by atoms with Crippen molar-refractivity contribution in [1.82, 2.24) is 10.6 Å². The first-order chi connectivity index (χ1) is 9.17. The molecule has 0 aliphatic heterocycles. The van der Waals surface area contributed by atoms with Crippen LogP contribution in [0.5, 0.6) is 0 Å². The summed E-state index contributed by atoms with van der Waals surface area (Å²) in [6.45, 7) is 15.4. The van der Waals surface area contributed by atoms with Gasteiger partial charge in [-0.15, -0.1) is 25.6 Å². The second kappa shape index (κ2) is 9.28. The molecule has 0 unspecified atom stereocenters. The second-order valence-corrected chi connectivity index (χ2v) is 5.41. The van der Waals surface area contributed by atoms with E-state index in [4.69, 9.17) is 10.8 Å². The fourth-order valence-electron chi connectivity index (χ4n) is 1.13. The highest BCUT2D eigenvalue weighted by Gasteiger charge is 2.27. The molecule has 0 rings (SSSR count). The number of azo groups is 1. The van der Waals surface area contributed by atoms with Gasteiger partial charge >= 0.3 is 0 Å². The van der Waals surface area contributed by atoms with E-state index in [1.54, 1.807) is 39.8 Å². The van der Waals surface area contributed by atoms with Crippen LogP contribution in [0.3, 0.4) is 0 Å². The molecular weight excluding hydrogens is 288 g/mol. The summed E-state index contributed by atoms with van der Waals surface area (Å²) < 4.78 is 0. The lowest BCUT2D eigenvalue weighted by Crippen LogP contribution is -2.43. The molecule has 0 aliphatic rings. The van der Waals surface area contributed by atoms with E-state index in [9.17, 15) is 0 Å². The zero-order valence-electron chi connectivity index (χ0n) is 13.3. The molecule has 0 fully saturated rings. The molecule has 0 aliphatic carbocycles. The van der Waals surface area contributed by atoms with Crippen LogP contribution in [0.4, 0.5) is 0 Å². The molecule has 0 aromatic carbocycles. The Kier molecular flexibility index (Phi) is 9.55. The van der Waals surface area contributed by atoms with Crippen molar-refractivity contribution in [3.63, 3.8) is 0 Å². The second-order valence-electron chi connectivity index (χ2n) is 5.41. The minimum atomic E-state index is -0.765. The number of nitrogens with zero attached hydrogens (tertiary/aromatic N) is 2. The maximum absolute atomic E-state index is 7.93. The number of nitrogens with one attached hydrogen (secondary N) is 4. The van der Waals surface area contributed by atoms with E-state index in [0.29, 0.717) is 13.1 Å². The first kappa shape index (κ1) is 21.6. The summed E-state index contributed by atoms with van der Waals surface area (Å²) >= 11 is 0. The molecule has 0 spiro atoms. The number of halogens is 1. The van der Waals surface area contributed by atoms with Crippen molar-refractivity contribution in [1.29, 1.82) is 10.8 Å². The molecule has 0 heterocycles. The number of amidine groups is 2. The normalized spacial score (nSPS) is 11.4. The zero-order chi connectivity index (χ0) is 15.8. The zero-order valence-corrected chi connectivity index (χ0v) is 14.1. The average Bonchev–Trinajstić information content (AvgIpc) is 2.39. The molecule has 0 saturated heterocycles. The molecule has 120 valence electrons. The van der Waals surface area contributed by atoms with Gasteiger partial charge in [0, 0.05) is 13.1 Å². The monoisotopic (exact) mass is 314 g/mol. The lowest BCUT2D eigenvalue weighted by Gasteiger charge is -2.24. The highest BCUT2D eigenvalue weighted by atomic mass is 35.5. The summed E-state index contributed by atoms with van der Waals surface area (Å²) in [6, 6.07) is 0. The minimum absolute atomic E-state index is 0. The van der Waals surface area contributed by atoms with Crippen LogP contribution in [0.25, 0.3) is 0 Å². The smallest absolute Gasteiger partial charge is 0.132 e. The summed E-state index contributed by atoms with van der Waals surface area (Å²) in [5, 5.41) is 30.1. The highest BCUT2D eigenvalue weighted by Crippen LogP contribution is 2.16. The van der Waals surface area contributed by atoms with Crippen LogP contribution < -0.4 is 10.6 Å². The SMILES string of the molecule is C=CCNC(=N)C(C)(C)N=NC(C)(C)C(=N)NCC=C.Cl. The van der Waals surface area contributed by atoms with Crippen LogP contribution >= 0.6 is 12.4 Å². The predicted molar refractivity (Wildman–Crippen MR) is 92.1 cm³/mol. The molecular formula is C14H27ClN6. The molecule has 0 amide bonds. The van der Waals surface area contributed by atoms with Gasteiger partial charge in [0.25, 0.3) is 0 Å². The quantitative estimate of drug-likeness (QED) is 0.240. The molecule has 21 heavy (non-hydrogen) atoms. The standard InChI is InChI=1S/C14H26N6.ClH/c1-7-9-17-11(15)13(3,4)19-20-14(5,6)12(16)18-10-8-2;/h7-8H,1-2,9-10H2,3-6H3,(H2,15,17)(H2,16,18);1H. The summed E-state index contributed by atoms with van der Waals surface area (Å²) in [4.78, 5) is 0. The van der Waals surface area contributed by atoms with Gasteiger partial charge in [0.2, 0.25) is 0 Å². The fourth-order valence-corrected chi connectivity index (χ4v) is 1.13. The Bertz CT molecular complexity index is 374. The Morgan fingerprint density at radius 3 is 1.43 bits per heavy atom.